The van der Waals surface area contributed by atoms with Gasteiger partial charge in [0.2, 0.25) is 5.91 Å². The van der Waals surface area contributed by atoms with Gasteiger partial charge in [0.15, 0.2) is 11.5 Å². The predicted octanol–water partition coefficient (Wildman–Crippen LogP) is 1.59. The molecule has 33 heavy (non-hydrogen) atoms. The van der Waals surface area contributed by atoms with Crippen molar-refractivity contribution in [3.8, 4) is 11.5 Å². The Morgan fingerprint density at radius 3 is 2.45 bits per heavy atom. The van der Waals surface area contributed by atoms with Gasteiger partial charge in [0.1, 0.15) is 6.04 Å². The summed E-state index contributed by atoms with van der Waals surface area (Å²) in [5, 5.41) is 0. The summed E-state index contributed by atoms with van der Waals surface area (Å²) >= 11 is 0. The number of imide groups is 1. The summed E-state index contributed by atoms with van der Waals surface area (Å²) < 4.78 is 16.1. The Balaban J connectivity index is 1.38. The molecule has 0 aliphatic carbocycles. The first kappa shape index (κ1) is 22.3. The number of hydrogen-bond donors (Lipinski definition) is 2. The zero-order valence-corrected chi connectivity index (χ0v) is 18.0. The molecule has 0 spiro atoms. The van der Waals surface area contributed by atoms with E-state index in [2.05, 4.69) is 10.9 Å². The molecule has 172 valence electrons. The first-order valence-corrected chi connectivity index (χ1v) is 10.6. The van der Waals surface area contributed by atoms with Crippen LogP contribution in [-0.4, -0.2) is 49.6 Å². The van der Waals surface area contributed by atoms with Crippen molar-refractivity contribution >= 4 is 29.4 Å². The average Bonchev–Trinajstić information content (AvgIpc) is 2.97. The summed E-state index contributed by atoms with van der Waals surface area (Å²) in [5.74, 6) is -0.861. The highest BCUT2D eigenvalue weighted by Crippen LogP contribution is 2.30. The van der Waals surface area contributed by atoms with Crippen LogP contribution >= 0.6 is 0 Å². The minimum atomic E-state index is -0.924. The molecule has 1 saturated heterocycles. The molecule has 10 heteroatoms. The fourth-order valence-corrected chi connectivity index (χ4v) is 3.51. The zero-order chi connectivity index (χ0) is 23.4. The van der Waals surface area contributed by atoms with Gasteiger partial charge in [-0.15, -0.1) is 0 Å². The van der Waals surface area contributed by atoms with Gasteiger partial charge < -0.3 is 14.2 Å². The number of esters is 1. The van der Waals surface area contributed by atoms with E-state index in [1.54, 1.807) is 25.1 Å². The molecule has 10 nitrogen and oxygen atoms in total. The lowest BCUT2D eigenvalue weighted by Crippen LogP contribution is -2.48. The Kier molecular flexibility index (Phi) is 6.55. The Hall–Kier alpha value is -3.92. The van der Waals surface area contributed by atoms with Crippen molar-refractivity contribution in [1.29, 1.82) is 0 Å². The van der Waals surface area contributed by atoms with Gasteiger partial charge in [-0.05, 0) is 49.4 Å². The number of amides is 3. The van der Waals surface area contributed by atoms with Gasteiger partial charge in [-0.25, -0.2) is 15.1 Å². The van der Waals surface area contributed by atoms with E-state index in [-0.39, 0.29) is 13.0 Å². The molecule has 2 heterocycles. The van der Waals surface area contributed by atoms with E-state index in [1.165, 1.54) is 24.3 Å². The standard InChI is InChI=1S/C23H23N3O7/c1-2-31-23(30)14-4-7-16(8-5-14)26-20(27)13-17(22(26)29)24-25-21(28)15-6-9-18-19(12-15)33-11-3-10-32-18/h4-9,12,17,24H,2-3,10-11,13H2,1H3,(H,25,28). The summed E-state index contributed by atoms with van der Waals surface area (Å²) in [4.78, 5) is 50.6. The molecular weight excluding hydrogens is 430 g/mol. The molecule has 3 amide bonds. The molecule has 0 saturated carbocycles. The van der Waals surface area contributed by atoms with Crippen molar-refractivity contribution in [2.75, 3.05) is 24.7 Å². The topological polar surface area (TPSA) is 123 Å². The molecule has 1 fully saturated rings. The van der Waals surface area contributed by atoms with Crippen molar-refractivity contribution in [3.05, 3.63) is 53.6 Å². The Bertz CT molecular complexity index is 1080. The Morgan fingerprint density at radius 2 is 1.73 bits per heavy atom. The van der Waals surface area contributed by atoms with E-state index in [9.17, 15) is 19.2 Å². The molecule has 2 aromatic carbocycles. The molecule has 2 aliphatic heterocycles. The number of anilines is 1. The monoisotopic (exact) mass is 453 g/mol. The van der Waals surface area contributed by atoms with Gasteiger partial charge in [-0.3, -0.25) is 19.8 Å². The minimum absolute atomic E-state index is 0.125. The van der Waals surface area contributed by atoms with Crippen LogP contribution < -0.4 is 25.2 Å². The summed E-state index contributed by atoms with van der Waals surface area (Å²) in [7, 11) is 0. The molecule has 0 radical (unpaired) electrons. The van der Waals surface area contributed by atoms with E-state index >= 15 is 0 Å². The van der Waals surface area contributed by atoms with Crippen LogP contribution in [0.15, 0.2) is 42.5 Å². The normalized spacial score (nSPS) is 17.5. The van der Waals surface area contributed by atoms with E-state index in [1.807, 2.05) is 0 Å². The number of nitrogens with zero attached hydrogens (tertiary/aromatic N) is 1. The maximum Gasteiger partial charge on any atom is 0.338 e. The molecule has 0 bridgehead atoms. The summed E-state index contributed by atoms with van der Waals surface area (Å²) in [5.41, 5.74) is 6.08. The van der Waals surface area contributed by atoms with Gasteiger partial charge in [-0.2, -0.15) is 0 Å². The van der Waals surface area contributed by atoms with Gasteiger partial charge in [0.05, 0.1) is 37.5 Å². The molecule has 1 atom stereocenters. The third-order valence-corrected chi connectivity index (χ3v) is 5.15. The third kappa shape index (κ3) is 4.80. The SMILES string of the molecule is CCOC(=O)c1ccc(N2C(=O)CC(NNC(=O)c3ccc4c(c3)OCCCO4)C2=O)cc1. The number of benzene rings is 2. The highest BCUT2D eigenvalue weighted by molar-refractivity contribution is 6.22. The van der Waals surface area contributed by atoms with Gasteiger partial charge in [0, 0.05) is 12.0 Å². The van der Waals surface area contributed by atoms with Crippen molar-refractivity contribution in [2.45, 2.75) is 25.8 Å². The zero-order valence-electron chi connectivity index (χ0n) is 18.0. The number of fused-ring (bicyclic) bond motifs is 1. The fourth-order valence-electron chi connectivity index (χ4n) is 3.51. The second-order valence-corrected chi connectivity index (χ2v) is 7.40. The molecule has 2 N–H and O–H groups in total. The van der Waals surface area contributed by atoms with Crippen LogP contribution in [-0.2, 0) is 14.3 Å². The van der Waals surface area contributed by atoms with E-state index in [4.69, 9.17) is 14.2 Å². The second kappa shape index (κ2) is 9.70. The van der Waals surface area contributed by atoms with Crippen molar-refractivity contribution in [2.24, 2.45) is 0 Å². The fraction of sp³-hybridized carbons (Fsp3) is 0.304. The number of carbonyl (C=O) groups is 4. The van der Waals surface area contributed by atoms with Crippen LogP contribution in [0.4, 0.5) is 5.69 Å². The number of hydrazine groups is 1. The summed E-state index contributed by atoms with van der Waals surface area (Å²) in [6, 6.07) is 9.86. The molecule has 4 rings (SSSR count). The number of hydrogen-bond acceptors (Lipinski definition) is 8. The van der Waals surface area contributed by atoms with Crippen LogP contribution in [0.3, 0.4) is 0 Å². The minimum Gasteiger partial charge on any atom is -0.490 e. The van der Waals surface area contributed by atoms with Gasteiger partial charge in [0.25, 0.3) is 11.8 Å². The highest BCUT2D eigenvalue weighted by Gasteiger charge is 2.39. The quantitative estimate of drug-likeness (QED) is 0.384. The highest BCUT2D eigenvalue weighted by atomic mass is 16.5. The largest absolute Gasteiger partial charge is 0.490 e. The molecule has 0 aromatic heterocycles. The number of nitrogens with one attached hydrogen (secondary N) is 2. The summed E-state index contributed by atoms with van der Waals surface area (Å²) in [6.07, 6.45) is 0.623. The number of ether oxygens (including phenoxy) is 3. The van der Waals surface area contributed by atoms with Crippen LogP contribution in [0.2, 0.25) is 0 Å². The van der Waals surface area contributed by atoms with E-state index in [0.717, 1.165) is 11.3 Å². The third-order valence-electron chi connectivity index (χ3n) is 5.15. The Morgan fingerprint density at radius 1 is 1.03 bits per heavy atom. The lowest BCUT2D eigenvalue weighted by atomic mass is 10.2. The Labute approximate surface area is 189 Å². The maximum absolute atomic E-state index is 12.8. The van der Waals surface area contributed by atoms with Crippen LogP contribution in [0.5, 0.6) is 11.5 Å². The summed E-state index contributed by atoms with van der Waals surface area (Å²) in [6.45, 7) is 2.98. The van der Waals surface area contributed by atoms with Gasteiger partial charge in [-0.1, -0.05) is 0 Å². The first-order valence-electron chi connectivity index (χ1n) is 10.6. The molecule has 2 aromatic rings. The van der Waals surface area contributed by atoms with Crippen molar-refractivity contribution in [1.82, 2.24) is 10.9 Å². The molecule has 1 unspecified atom stereocenters. The predicted molar refractivity (Wildman–Crippen MR) is 116 cm³/mol. The smallest absolute Gasteiger partial charge is 0.338 e. The van der Waals surface area contributed by atoms with Gasteiger partial charge >= 0.3 is 5.97 Å². The molecular formula is C23H23N3O7. The first-order chi connectivity index (χ1) is 16.0. The van der Waals surface area contributed by atoms with Crippen LogP contribution in [0, 0.1) is 0 Å². The van der Waals surface area contributed by atoms with Crippen LogP contribution in [0.25, 0.3) is 0 Å². The van der Waals surface area contributed by atoms with Crippen molar-refractivity contribution < 1.29 is 33.4 Å². The van der Waals surface area contributed by atoms with Crippen LogP contribution in [0.1, 0.15) is 40.5 Å². The molecule has 2 aliphatic rings. The average molecular weight is 453 g/mol. The maximum atomic E-state index is 12.8. The number of carbonyl (C=O) groups excluding carboxylic acids is 4. The van der Waals surface area contributed by atoms with Crippen molar-refractivity contribution in [3.63, 3.8) is 0 Å². The lowest BCUT2D eigenvalue weighted by Gasteiger charge is -2.16. The van der Waals surface area contributed by atoms with E-state index in [0.29, 0.717) is 41.5 Å². The lowest BCUT2D eigenvalue weighted by molar-refractivity contribution is -0.121. The van der Waals surface area contributed by atoms with E-state index < -0.39 is 29.7 Å². The number of rotatable bonds is 6. The second-order valence-electron chi connectivity index (χ2n) is 7.40.